The summed E-state index contributed by atoms with van der Waals surface area (Å²) in [5.41, 5.74) is 0.668. The van der Waals surface area contributed by atoms with E-state index in [4.69, 9.17) is 9.52 Å². The van der Waals surface area contributed by atoms with Gasteiger partial charge in [-0.05, 0) is 18.2 Å². The van der Waals surface area contributed by atoms with Crippen LogP contribution in [0.2, 0.25) is 0 Å². The lowest BCUT2D eigenvalue weighted by atomic mass is 10.2. The predicted molar refractivity (Wildman–Crippen MR) is 54.5 cm³/mol. The summed E-state index contributed by atoms with van der Waals surface area (Å²) in [7, 11) is 1.28. The first-order valence-corrected chi connectivity index (χ1v) is 4.47. The molecule has 2 aromatic rings. The first-order chi connectivity index (χ1) is 7.61. The van der Waals surface area contributed by atoms with Crippen molar-refractivity contribution in [1.29, 1.82) is 0 Å². The molecule has 1 aromatic carbocycles. The average Bonchev–Trinajstić information content (AvgIpc) is 2.70. The highest BCUT2D eigenvalue weighted by Gasteiger charge is 2.12. The number of ether oxygens (including phenoxy) is 1. The maximum Gasteiger partial charge on any atom is 0.371 e. The van der Waals surface area contributed by atoms with E-state index in [9.17, 15) is 9.59 Å². The van der Waals surface area contributed by atoms with Crippen molar-refractivity contribution in [3.8, 4) is 0 Å². The van der Waals surface area contributed by atoms with Crippen LogP contribution in [0, 0.1) is 0 Å². The van der Waals surface area contributed by atoms with Gasteiger partial charge >= 0.3 is 11.9 Å². The Bertz CT molecular complexity index is 567. The van der Waals surface area contributed by atoms with Crippen LogP contribution in [0.4, 0.5) is 0 Å². The van der Waals surface area contributed by atoms with Gasteiger partial charge in [0, 0.05) is 5.39 Å². The quantitative estimate of drug-likeness (QED) is 0.782. The highest BCUT2D eigenvalue weighted by molar-refractivity contribution is 5.96. The van der Waals surface area contributed by atoms with Gasteiger partial charge in [-0.3, -0.25) is 0 Å². The summed E-state index contributed by atoms with van der Waals surface area (Å²) < 4.78 is 9.60. The van der Waals surface area contributed by atoms with E-state index in [0.29, 0.717) is 16.5 Å². The fraction of sp³-hybridized carbons (Fsp3) is 0.0909. The largest absolute Gasteiger partial charge is 0.475 e. The van der Waals surface area contributed by atoms with Crippen LogP contribution in [0.15, 0.2) is 28.7 Å². The van der Waals surface area contributed by atoms with Crippen LogP contribution in [0.1, 0.15) is 20.9 Å². The summed E-state index contributed by atoms with van der Waals surface area (Å²) in [5, 5.41) is 9.35. The number of carboxylic acid groups (broad SMARTS) is 1. The van der Waals surface area contributed by atoms with E-state index in [-0.39, 0.29) is 5.76 Å². The van der Waals surface area contributed by atoms with E-state index in [2.05, 4.69) is 4.74 Å². The van der Waals surface area contributed by atoms with Crippen molar-refractivity contribution in [2.24, 2.45) is 0 Å². The van der Waals surface area contributed by atoms with Crippen molar-refractivity contribution in [2.75, 3.05) is 7.11 Å². The summed E-state index contributed by atoms with van der Waals surface area (Å²) in [6.45, 7) is 0. The number of methoxy groups -OCH3 is 1. The molecule has 2 rings (SSSR count). The molecule has 16 heavy (non-hydrogen) atoms. The third-order valence-electron chi connectivity index (χ3n) is 2.15. The zero-order valence-electron chi connectivity index (χ0n) is 8.39. The number of carboxylic acids is 1. The Morgan fingerprint density at radius 1 is 1.31 bits per heavy atom. The molecular formula is C11H8O5. The van der Waals surface area contributed by atoms with Crippen molar-refractivity contribution in [2.45, 2.75) is 0 Å². The van der Waals surface area contributed by atoms with Crippen LogP contribution in [0.25, 0.3) is 11.0 Å². The minimum absolute atomic E-state index is 0.156. The Morgan fingerprint density at radius 2 is 2.06 bits per heavy atom. The van der Waals surface area contributed by atoms with Crippen molar-refractivity contribution >= 4 is 22.9 Å². The molecular weight excluding hydrogens is 212 g/mol. The van der Waals surface area contributed by atoms with Crippen LogP contribution in [-0.2, 0) is 4.74 Å². The van der Waals surface area contributed by atoms with Crippen molar-refractivity contribution in [3.05, 3.63) is 35.6 Å². The van der Waals surface area contributed by atoms with E-state index in [1.807, 2.05) is 0 Å². The van der Waals surface area contributed by atoms with Crippen LogP contribution in [0.5, 0.6) is 0 Å². The maximum atomic E-state index is 11.2. The topological polar surface area (TPSA) is 76.7 Å². The molecule has 0 aliphatic rings. The zero-order chi connectivity index (χ0) is 11.7. The molecule has 0 aliphatic heterocycles. The number of aromatic carboxylic acids is 1. The number of rotatable bonds is 2. The molecule has 5 heteroatoms. The Balaban J connectivity index is 2.53. The van der Waals surface area contributed by atoms with Gasteiger partial charge in [-0.2, -0.15) is 0 Å². The van der Waals surface area contributed by atoms with E-state index in [1.165, 1.54) is 19.2 Å². The fourth-order valence-corrected chi connectivity index (χ4v) is 1.38. The number of carbonyl (C=O) groups excluding carboxylic acids is 1. The van der Waals surface area contributed by atoms with Crippen molar-refractivity contribution < 1.29 is 23.8 Å². The second kappa shape index (κ2) is 3.69. The molecule has 0 unspecified atom stereocenters. The van der Waals surface area contributed by atoms with Gasteiger partial charge in [-0.25, -0.2) is 9.59 Å². The molecule has 0 fully saturated rings. The van der Waals surface area contributed by atoms with Crippen molar-refractivity contribution in [3.63, 3.8) is 0 Å². The Kier molecular flexibility index (Phi) is 2.36. The third-order valence-corrected chi connectivity index (χ3v) is 2.15. The lowest BCUT2D eigenvalue weighted by molar-refractivity contribution is 0.0600. The molecule has 0 saturated heterocycles. The van der Waals surface area contributed by atoms with E-state index >= 15 is 0 Å². The lowest BCUT2D eigenvalue weighted by Crippen LogP contribution is -1.99. The molecule has 5 nitrogen and oxygen atoms in total. The van der Waals surface area contributed by atoms with E-state index < -0.39 is 11.9 Å². The maximum absolute atomic E-state index is 11.2. The van der Waals surface area contributed by atoms with E-state index in [1.54, 1.807) is 12.1 Å². The summed E-state index contributed by atoms with van der Waals surface area (Å²) in [6.07, 6.45) is 0. The number of carbonyl (C=O) groups is 2. The molecule has 0 saturated carbocycles. The summed E-state index contributed by atoms with van der Waals surface area (Å²) >= 11 is 0. The van der Waals surface area contributed by atoms with E-state index in [0.717, 1.165) is 0 Å². The van der Waals surface area contributed by atoms with Crippen LogP contribution in [-0.4, -0.2) is 24.2 Å². The number of fused-ring (bicyclic) bond motifs is 1. The minimum atomic E-state index is -1.14. The average molecular weight is 220 g/mol. The highest BCUT2D eigenvalue weighted by Crippen LogP contribution is 2.21. The third kappa shape index (κ3) is 1.63. The number of esters is 1. The molecule has 82 valence electrons. The van der Waals surface area contributed by atoms with Gasteiger partial charge in [0.05, 0.1) is 12.7 Å². The molecule has 0 amide bonds. The molecule has 0 bridgehead atoms. The minimum Gasteiger partial charge on any atom is -0.475 e. The van der Waals surface area contributed by atoms with Crippen LogP contribution >= 0.6 is 0 Å². The van der Waals surface area contributed by atoms with Gasteiger partial charge in [0.25, 0.3) is 0 Å². The summed E-state index contributed by atoms with van der Waals surface area (Å²) in [4.78, 5) is 21.9. The van der Waals surface area contributed by atoms with Gasteiger partial charge in [0.15, 0.2) is 0 Å². The molecule has 1 aromatic heterocycles. The van der Waals surface area contributed by atoms with Crippen LogP contribution < -0.4 is 0 Å². The summed E-state index contributed by atoms with van der Waals surface area (Å²) in [6, 6.07) is 6.01. The molecule has 0 aliphatic carbocycles. The predicted octanol–water partition coefficient (Wildman–Crippen LogP) is 1.92. The smallest absolute Gasteiger partial charge is 0.371 e. The Labute approximate surface area is 90.2 Å². The number of benzene rings is 1. The van der Waals surface area contributed by atoms with Gasteiger partial charge < -0.3 is 14.3 Å². The second-order valence-electron chi connectivity index (χ2n) is 3.16. The number of hydrogen-bond acceptors (Lipinski definition) is 4. The first kappa shape index (κ1) is 10.2. The molecule has 1 heterocycles. The standard InChI is InChI=1S/C11H8O5/c1-15-11(14)7-3-2-6-4-9(10(12)13)16-8(6)5-7/h2-5H,1H3,(H,12,13). The SMILES string of the molecule is COC(=O)c1ccc2cc(C(=O)O)oc2c1. The van der Waals surface area contributed by atoms with Gasteiger partial charge in [-0.1, -0.05) is 6.07 Å². The fourth-order valence-electron chi connectivity index (χ4n) is 1.38. The van der Waals surface area contributed by atoms with Gasteiger partial charge in [-0.15, -0.1) is 0 Å². The molecule has 0 spiro atoms. The zero-order valence-corrected chi connectivity index (χ0v) is 8.39. The number of hydrogen-bond donors (Lipinski definition) is 1. The number of furan rings is 1. The second-order valence-corrected chi connectivity index (χ2v) is 3.16. The molecule has 0 radical (unpaired) electrons. The Hall–Kier alpha value is -2.30. The van der Waals surface area contributed by atoms with Crippen molar-refractivity contribution in [1.82, 2.24) is 0 Å². The summed E-state index contributed by atoms with van der Waals surface area (Å²) in [5.74, 6) is -1.79. The lowest BCUT2D eigenvalue weighted by Gasteiger charge is -1.97. The monoisotopic (exact) mass is 220 g/mol. The first-order valence-electron chi connectivity index (χ1n) is 4.47. The van der Waals surface area contributed by atoms with Gasteiger partial charge in [0.2, 0.25) is 5.76 Å². The van der Waals surface area contributed by atoms with Crippen LogP contribution in [0.3, 0.4) is 0 Å². The normalized spacial score (nSPS) is 10.3. The molecule has 0 atom stereocenters. The molecule has 1 N–H and O–H groups in total. The highest BCUT2D eigenvalue weighted by atomic mass is 16.5. The Morgan fingerprint density at radius 3 is 2.69 bits per heavy atom. The van der Waals surface area contributed by atoms with Gasteiger partial charge in [0.1, 0.15) is 5.58 Å².